The van der Waals surface area contributed by atoms with E-state index in [2.05, 4.69) is 0 Å². The lowest BCUT2D eigenvalue weighted by molar-refractivity contribution is 0.0602. The highest BCUT2D eigenvalue weighted by atomic mass is 16.5. The maximum atomic E-state index is 12.5. The summed E-state index contributed by atoms with van der Waals surface area (Å²) in [5.41, 5.74) is 5.38. The smallest absolute Gasteiger partial charge is 0.338 e. The molecule has 0 saturated heterocycles. The summed E-state index contributed by atoms with van der Waals surface area (Å²) in [5, 5.41) is 12.2. The lowest BCUT2D eigenvalue weighted by atomic mass is 9.89. The first-order chi connectivity index (χ1) is 11.9. The Morgan fingerprint density at radius 1 is 1.04 bits per heavy atom. The molecule has 0 fully saturated rings. The van der Waals surface area contributed by atoms with Crippen LogP contribution in [0.3, 0.4) is 0 Å². The Kier molecular flexibility index (Phi) is 4.49. The molecule has 3 heteroatoms. The van der Waals surface area contributed by atoms with Gasteiger partial charge in [0.25, 0.3) is 0 Å². The Bertz CT molecular complexity index is 971. The second-order valence-electron chi connectivity index (χ2n) is 6.45. The van der Waals surface area contributed by atoms with Gasteiger partial charge in [0.05, 0.1) is 12.7 Å². The maximum absolute atomic E-state index is 12.5. The van der Waals surface area contributed by atoms with Crippen LogP contribution in [0.2, 0.25) is 0 Å². The van der Waals surface area contributed by atoms with Gasteiger partial charge in [0.1, 0.15) is 5.75 Å². The van der Waals surface area contributed by atoms with Gasteiger partial charge in [-0.25, -0.2) is 4.79 Å². The van der Waals surface area contributed by atoms with Crippen molar-refractivity contribution < 1.29 is 14.6 Å². The summed E-state index contributed by atoms with van der Waals surface area (Å²) >= 11 is 0. The van der Waals surface area contributed by atoms with Gasteiger partial charge in [-0.3, -0.25) is 0 Å². The van der Waals surface area contributed by atoms with Gasteiger partial charge in [-0.15, -0.1) is 0 Å². The predicted molar refractivity (Wildman–Crippen MR) is 100 cm³/mol. The number of ether oxygens (including phenoxy) is 1. The van der Waals surface area contributed by atoms with Crippen LogP contribution in [0.5, 0.6) is 5.75 Å². The zero-order valence-electron chi connectivity index (χ0n) is 15.0. The van der Waals surface area contributed by atoms with Crippen LogP contribution in [0, 0.1) is 20.8 Å². The SMILES string of the molecule is COC(=O)c1c(Cc2c(C)cc(C)c(O)c2C)ccc2ccccc12. The van der Waals surface area contributed by atoms with E-state index >= 15 is 0 Å². The van der Waals surface area contributed by atoms with Crippen LogP contribution in [-0.4, -0.2) is 18.2 Å². The summed E-state index contributed by atoms with van der Waals surface area (Å²) < 4.78 is 5.04. The van der Waals surface area contributed by atoms with E-state index in [9.17, 15) is 9.90 Å². The third-order valence-corrected chi connectivity index (χ3v) is 4.86. The summed E-state index contributed by atoms with van der Waals surface area (Å²) in [6, 6.07) is 13.8. The number of rotatable bonds is 3. The van der Waals surface area contributed by atoms with Crippen molar-refractivity contribution in [2.24, 2.45) is 0 Å². The van der Waals surface area contributed by atoms with Gasteiger partial charge in [0.2, 0.25) is 0 Å². The lowest BCUT2D eigenvalue weighted by Gasteiger charge is -2.16. The van der Waals surface area contributed by atoms with Gasteiger partial charge in [-0.2, -0.15) is 0 Å². The number of benzene rings is 3. The number of phenols is 1. The summed E-state index contributed by atoms with van der Waals surface area (Å²) in [4.78, 5) is 12.5. The van der Waals surface area contributed by atoms with Gasteiger partial charge in [-0.05, 0) is 65.8 Å². The zero-order valence-corrected chi connectivity index (χ0v) is 15.0. The largest absolute Gasteiger partial charge is 0.507 e. The molecule has 0 aliphatic rings. The number of aryl methyl sites for hydroxylation is 2. The lowest BCUT2D eigenvalue weighted by Crippen LogP contribution is -2.08. The summed E-state index contributed by atoms with van der Waals surface area (Å²) in [6.07, 6.45) is 0.570. The molecule has 0 heterocycles. The van der Waals surface area contributed by atoms with E-state index in [1.807, 2.05) is 63.2 Å². The second-order valence-corrected chi connectivity index (χ2v) is 6.45. The van der Waals surface area contributed by atoms with Crippen LogP contribution in [-0.2, 0) is 11.2 Å². The molecule has 3 rings (SSSR count). The van der Waals surface area contributed by atoms with Crippen LogP contribution in [0.15, 0.2) is 42.5 Å². The monoisotopic (exact) mass is 334 g/mol. The molecule has 0 amide bonds. The zero-order chi connectivity index (χ0) is 18.1. The van der Waals surface area contributed by atoms with E-state index in [0.717, 1.165) is 38.6 Å². The fourth-order valence-electron chi connectivity index (χ4n) is 3.48. The van der Waals surface area contributed by atoms with Gasteiger partial charge in [0, 0.05) is 0 Å². The molecule has 0 bridgehead atoms. The van der Waals surface area contributed by atoms with Crippen LogP contribution in [0.4, 0.5) is 0 Å². The highest BCUT2D eigenvalue weighted by Crippen LogP contribution is 2.32. The molecule has 0 radical (unpaired) electrons. The fraction of sp³-hybridized carbons (Fsp3) is 0.227. The minimum absolute atomic E-state index is 0.320. The van der Waals surface area contributed by atoms with Crippen LogP contribution >= 0.6 is 0 Å². The number of methoxy groups -OCH3 is 1. The molecule has 3 aromatic carbocycles. The Labute approximate surface area is 147 Å². The summed E-state index contributed by atoms with van der Waals surface area (Å²) in [7, 11) is 1.40. The van der Waals surface area contributed by atoms with E-state index in [-0.39, 0.29) is 5.97 Å². The third kappa shape index (κ3) is 2.98. The van der Waals surface area contributed by atoms with Crippen LogP contribution in [0.1, 0.15) is 38.2 Å². The number of aromatic hydroxyl groups is 1. The molecule has 0 aliphatic heterocycles. The number of hydrogen-bond donors (Lipinski definition) is 1. The predicted octanol–water partition coefficient (Wildman–Crippen LogP) is 4.85. The number of esters is 1. The molecule has 3 nitrogen and oxygen atoms in total. The Morgan fingerprint density at radius 2 is 1.76 bits per heavy atom. The van der Waals surface area contributed by atoms with Crippen molar-refractivity contribution in [1.29, 1.82) is 0 Å². The quantitative estimate of drug-likeness (QED) is 0.697. The van der Waals surface area contributed by atoms with Crippen molar-refractivity contribution in [2.75, 3.05) is 7.11 Å². The van der Waals surface area contributed by atoms with E-state index in [1.54, 1.807) is 0 Å². The number of carbonyl (C=O) groups excluding carboxylic acids is 1. The van der Waals surface area contributed by atoms with Crippen molar-refractivity contribution in [3.63, 3.8) is 0 Å². The molecule has 25 heavy (non-hydrogen) atoms. The first kappa shape index (κ1) is 17.0. The first-order valence-electron chi connectivity index (χ1n) is 8.31. The topological polar surface area (TPSA) is 46.5 Å². The highest BCUT2D eigenvalue weighted by molar-refractivity contribution is 6.06. The van der Waals surface area contributed by atoms with Crippen molar-refractivity contribution in [2.45, 2.75) is 27.2 Å². The van der Waals surface area contributed by atoms with Crippen molar-refractivity contribution in [3.05, 3.63) is 75.8 Å². The highest BCUT2D eigenvalue weighted by Gasteiger charge is 2.18. The Hall–Kier alpha value is -2.81. The molecular weight excluding hydrogens is 312 g/mol. The third-order valence-electron chi connectivity index (χ3n) is 4.86. The average molecular weight is 334 g/mol. The van der Waals surface area contributed by atoms with E-state index in [1.165, 1.54) is 7.11 Å². The summed E-state index contributed by atoms with van der Waals surface area (Å²) in [6.45, 7) is 5.85. The molecule has 128 valence electrons. The molecule has 0 unspecified atom stereocenters. The van der Waals surface area contributed by atoms with Gasteiger partial charge < -0.3 is 9.84 Å². The number of fused-ring (bicyclic) bond motifs is 1. The summed E-state index contributed by atoms with van der Waals surface area (Å²) in [5.74, 6) is -0.0144. The molecule has 3 aromatic rings. The molecule has 0 saturated carbocycles. The first-order valence-corrected chi connectivity index (χ1v) is 8.31. The van der Waals surface area contributed by atoms with Crippen molar-refractivity contribution in [1.82, 2.24) is 0 Å². The molecule has 0 atom stereocenters. The van der Waals surface area contributed by atoms with Gasteiger partial charge >= 0.3 is 5.97 Å². The van der Waals surface area contributed by atoms with Gasteiger partial charge in [-0.1, -0.05) is 42.5 Å². The van der Waals surface area contributed by atoms with Crippen LogP contribution < -0.4 is 0 Å². The van der Waals surface area contributed by atoms with Gasteiger partial charge in [0.15, 0.2) is 0 Å². The molecule has 0 aromatic heterocycles. The average Bonchev–Trinajstić information content (AvgIpc) is 2.62. The second kappa shape index (κ2) is 6.60. The van der Waals surface area contributed by atoms with Crippen LogP contribution in [0.25, 0.3) is 10.8 Å². The molecular formula is C22H22O3. The fourth-order valence-corrected chi connectivity index (χ4v) is 3.48. The normalized spacial score (nSPS) is 10.9. The van der Waals surface area contributed by atoms with Crippen molar-refractivity contribution >= 4 is 16.7 Å². The minimum Gasteiger partial charge on any atom is -0.507 e. The standard InChI is InChI=1S/C22H22O3/c1-13-11-14(2)21(23)15(3)19(13)12-17-10-9-16-7-5-6-8-18(16)20(17)22(24)25-4/h5-11,23H,12H2,1-4H3. The maximum Gasteiger partial charge on any atom is 0.338 e. The Morgan fingerprint density at radius 3 is 2.48 bits per heavy atom. The molecule has 1 N–H and O–H groups in total. The minimum atomic E-state index is -0.335. The molecule has 0 aliphatic carbocycles. The number of phenolic OH excluding ortho intramolecular Hbond substituents is 1. The molecule has 0 spiro atoms. The van der Waals surface area contributed by atoms with E-state index < -0.39 is 0 Å². The Balaban J connectivity index is 2.21. The van der Waals surface area contributed by atoms with Crippen molar-refractivity contribution in [3.8, 4) is 5.75 Å². The number of hydrogen-bond acceptors (Lipinski definition) is 3. The van der Waals surface area contributed by atoms with E-state index in [0.29, 0.717) is 17.7 Å². The number of carbonyl (C=O) groups is 1. The van der Waals surface area contributed by atoms with E-state index in [4.69, 9.17) is 4.74 Å².